The number of methoxy groups -OCH3 is 1. The molecule has 2 N–H and O–H groups in total. The van der Waals surface area contributed by atoms with E-state index in [0.29, 0.717) is 5.56 Å². The van der Waals surface area contributed by atoms with Gasteiger partial charge in [0.1, 0.15) is 0 Å². The fraction of sp³-hybridized carbons (Fsp3) is 0.0208. The maximum absolute atomic E-state index is 12.4. The zero-order chi connectivity index (χ0) is 36.6. The summed E-state index contributed by atoms with van der Waals surface area (Å²) in [5.41, 5.74) is 15.9. The van der Waals surface area contributed by atoms with Crippen LogP contribution >= 0.6 is 0 Å². The monoisotopic (exact) mass is 696 g/mol. The fourth-order valence-corrected chi connectivity index (χ4v) is 7.25. The first-order valence-electron chi connectivity index (χ1n) is 17.6. The number of carbonyl (C=O) groups is 1. The van der Waals surface area contributed by atoms with Gasteiger partial charge in [0.25, 0.3) is 0 Å². The number of benzene rings is 4. The molecule has 0 atom stereocenters. The number of carbonyl (C=O) groups excluding carboxylic acids is 1. The zero-order valence-corrected chi connectivity index (χ0v) is 29.3. The molecule has 54 heavy (non-hydrogen) atoms. The lowest BCUT2D eigenvalue weighted by Crippen LogP contribution is -2.00. The van der Waals surface area contributed by atoms with E-state index in [2.05, 4.69) is 101 Å². The van der Waals surface area contributed by atoms with Crippen molar-refractivity contribution in [2.24, 2.45) is 0 Å². The predicted molar refractivity (Wildman–Crippen MR) is 220 cm³/mol. The Morgan fingerprint density at radius 1 is 0.500 bits per heavy atom. The van der Waals surface area contributed by atoms with E-state index in [1.807, 2.05) is 60.7 Å². The molecular formula is C48H32N4O2. The van der Waals surface area contributed by atoms with Gasteiger partial charge in [0.15, 0.2) is 0 Å². The average Bonchev–Trinajstić information content (AvgIpc) is 4.07. The highest BCUT2D eigenvalue weighted by Gasteiger charge is 2.19. The molecule has 5 heterocycles. The van der Waals surface area contributed by atoms with Crippen LogP contribution in [-0.4, -0.2) is 33.0 Å². The molecule has 7 aromatic rings. The van der Waals surface area contributed by atoms with E-state index in [1.165, 1.54) is 7.11 Å². The average molecular weight is 697 g/mol. The second-order valence-corrected chi connectivity index (χ2v) is 13.0. The number of nitrogens with zero attached hydrogens (tertiary/aromatic N) is 2. The summed E-state index contributed by atoms with van der Waals surface area (Å²) in [6.07, 6.45) is 14.0. The van der Waals surface area contributed by atoms with E-state index in [-0.39, 0.29) is 5.97 Å². The highest BCUT2D eigenvalue weighted by atomic mass is 16.5. The molecule has 4 aromatic carbocycles. The van der Waals surface area contributed by atoms with Crippen LogP contribution in [0, 0.1) is 12.3 Å². The standard InChI is InChI=1S/C48H32N4O2/c1-3-30-14-16-33(17-15-30)46-40-26-22-36(49-40)44(31-10-6-4-7-11-31)38-24-28-42(51-38)47(34-18-20-35(21-19-34)48(53)54-2)43-29-25-39(52-43)45(32-12-8-5-9-13-32)37-23-27-41(46)50-37/h1,4-29,49,52H,2H3. The van der Waals surface area contributed by atoms with Crippen molar-refractivity contribution in [1.82, 2.24) is 19.9 Å². The van der Waals surface area contributed by atoms with Gasteiger partial charge in [-0.3, -0.25) is 0 Å². The molecule has 9 rings (SSSR count). The van der Waals surface area contributed by atoms with Gasteiger partial charge in [-0.15, -0.1) is 6.42 Å². The van der Waals surface area contributed by atoms with Crippen molar-refractivity contribution in [3.05, 3.63) is 167 Å². The van der Waals surface area contributed by atoms with Crippen LogP contribution in [0.15, 0.2) is 133 Å². The molecular weight excluding hydrogens is 665 g/mol. The first-order chi connectivity index (χ1) is 26.6. The first-order valence-corrected chi connectivity index (χ1v) is 17.6. The second kappa shape index (κ2) is 13.6. The molecule has 0 amide bonds. The van der Waals surface area contributed by atoms with Crippen molar-refractivity contribution in [1.29, 1.82) is 0 Å². The molecule has 0 aliphatic carbocycles. The Hall–Kier alpha value is -7.49. The molecule has 0 saturated heterocycles. The minimum absolute atomic E-state index is 0.388. The summed E-state index contributed by atoms with van der Waals surface area (Å²) >= 11 is 0. The van der Waals surface area contributed by atoms with Gasteiger partial charge in [-0.05, 0) is 95.1 Å². The lowest BCUT2D eigenvalue weighted by Gasteiger charge is -2.07. The highest BCUT2D eigenvalue weighted by Crippen LogP contribution is 2.38. The van der Waals surface area contributed by atoms with E-state index in [1.54, 1.807) is 12.1 Å². The Morgan fingerprint density at radius 2 is 0.852 bits per heavy atom. The Balaban J connectivity index is 1.44. The zero-order valence-electron chi connectivity index (χ0n) is 29.3. The van der Waals surface area contributed by atoms with E-state index >= 15 is 0 Å². The van der Waals surface area contributed by atoms with Crippen molar-refractivity contribution in [3.63, 3.8) is 0 Å². The summed E-state index contributed by atoms with van der Waals surface area (Å²) in [5.74, 6) is 2.35. The molecule has 0 spiro atoms. The molecule has 2 aliphatic rings. The Labute approximate surface area is 312 Å². The number of esters is 1. The highest BCUT2D eigenvalue weighted by molar-refractivity contribution is 6.00. The van der Waals surface area contributed by atoms with Gasteiger partial charge in [-0.2, -0.15) is 0 Å². The van der Waals surface area contributed by atoms with Gasteiger partial charge in [0.05, 0.1) is 35.4 Å². The third-order valence-electron chi connectivity index (χ3n) is 9.81. The number of fused-ring (bicyclic) bond motifs is 8. The minimum atomic E-state index is -0.388. The van der Waals surface area contributed by atoms with Gasteiger partial charge < -0.3 is 14.7 Å². The van der Waals surface area contributed by atoms with E-state index in [9.17, 15) is 4.79 Å². The summed E-state index contributed by atoms with van der Waals surface area (Å²) in [6.45, 7) is 0. The second-order valence-electron chi connectivity index (χ2n) is 13.0. The maximum Gasteiger partial charge on any atom is 0.337 e. The van der Waals surface area contributed by atoms with E-state index in [0.717, 1.165) is 94.9 Å². The van der Waals surface area contributed by atoms with Gasteiger partial charge in [0, 0.05) is 49.9 Å². The van der Waals surface area contributed by atoms with Crippen LogP contribution in [-0.2, 0) is 4.74 Å². The molecule has 6 heteroatoms. The van der Waals surface area contributed by atoms with Crippen molar-refractivity contribution in [2.45, 2.75) is 0 Å². The number of hydrogen-bond donors (Lipinski definition) is 2. The van der Waals surface area contributed by atoms with Crippen LogP contribution in [0.2, 0.25) is 0 Å². The summed E-state index contributed by atoms with van der Waals surface area (Å²) < 4.78 is 4.99. The lowest BCUT2D eigenvalue weighted by molar-refractivity contribution is 0.0600. The van der Waals surface area contributed by atoms with Crippen molar-refractivity contribution in [2.75, 3.05) is 7.11 Å². The number of H-pyrrole nitrogens is 2. The SMILES string of the molecule is C#Cc1ccc(-c2c3nc(c(-c4ccccc4)c4ccc([nH]4)c(-c4ccc(C(=O)OC)cc4)c4nc(c(-c5ccccc5)c5ccc2[nH]5)C=C4)C=C3)cc1. The van der Waals surface area contributed by atoms with Gasteiger partial charge in [-0.1, -0.05) is 90.8 Å². The summed E-state index contributed by atoms with van der Waals surface area (Å²) in [7, 11) is 1.39. The van der Waals surface area contributed by atoms with Crippen LogP contribution < -0.4 is 0 Å². The molecule has 6 nitrogen and oxygen atoms in total. The smallest absolute Gasteiger partial charge is 0.337 e. The number of terminal acetylenes is 1. The third kappa shape index (κ3) is 5.80. The number of rotatable bonds is 5. The number of hydrogen-bond acceptors (Lipinski definition) is 4. The Morgan fingerprint density at radius 3 is 1.20 bits per heavy atom. The molecule has 0 fully saturated rings. The van der Waals surface area contributed by atoms with E-state index in [4.69, 9.17) is 21.1 Å². The van der Waals surface area contributed by atoms with Crippen molar-refractivity contribution in [3.8, 4) is 56.9 Å². The molecule has 3 aromatic heterocycles. The van der Waals surface area contributed by atoms with Gasteiger partial charge in [-0.25, -0.2) is 14.8 Å². The summed E-state index contributed by atoms with van der Waals surface area (Å²) in [6, 6.07) is 44.5. The fourth-order valence-electron chi connectivity index (χ4n) is 7.25. The van der Waals surface area contributed by atoms with Crippen LogP contribution in [0.25, 0.3) is 90.9 Å². The van der Waals surface area contributed by atoms with Gasteiger partial charge >= 0.3 is 5.97 Å². The lowest BCUT2D eigenvalue weighted by atomic mass is 10.0. The molecule has 2 aliphatic heterocycles. The Bertz CT molecular complexity index is 2820. The largest absolute Gasteiger partial charge is 0.465 e. The van der Waals surface area contributed by atoms with Crippen LogP contribution in [0.1, 0.15) is 38.7 Å². The number of nitrogens with one attached hydrogen (secondary N) is 2. The van der Waals surface area contributed by atoms with Crippen LogP contribution in [0.4, 0.5) is 0 Å². The number of ether oxygens (including phenoxy) is 1. The minimum Gasteiger partial charge on any atom is -0.465 e. The summed E-state index contributed by atoms with van der Waals surface area (Å²) in [5, 5.41) is 0. The topological polar surface area (TPSA) is 83.7 Å². The molecule has 0 saturated carbocycles. The van der Waals surface area contributed by atoms with Crippen LogP contribution in [0.3, 0.4) is 0 Å². The third-order valence-corrected chi connectivity index (χ3v) is 9.81. The molecule has 0 radical (unpaired) electrons. The quantitative estimate of drug-likeness (QED) is 0.139. The maximum atomic E-state index is 12.4. The van der Waals surface area contributed by atoms with Gasteiger partial charge in [0.2, 0.25) is 0 Å². The molecule has 0 unspecified atom stereocenters. The molecule has 8 bridgehead atoms. The Kier molecular flexibility index (Phi) is 8.15. The van der Waals surface area contributed by atoms with Crippen LogP contribution in [0.5, 0.6) is 0 Å². The normalized spacial score (nSPS) is 11.7. The van der Waals surface area contributed by atoms with Crippen molar-refractivity contribution < 1.29 is 9.53 Å². The van der Waals surface area contributed by atoms with Crippen molar-refractivity contribution >= 4 is 52.3 Å². The number of aromatic amines is 2. The summed E-state index contributed by atoms with van der Waals surface area (Å²) in [4.78, 5) is 30.6. The first kappa shape index (κ1) is 32.4. The molecule has 256 valence electrons. The number of aromatic nitrogens is 4. The van der Waals surface area contributed by atoms with E-state index < -0.39 is 0 Å². The predicted octanol–water partition coefficient (Wildman–Crippen LogP) is 11.1.